The van der Waals surface area contributed by atoms with Crippen molar-refractivity contribution < 1.29 is 33.9 Å². The first-order valence-electron chi connectivity index (χ1n) is 22.7. The molecule has 0 atom stereocenters. The van der Waals surface area contributed by atoms with Crippen molar-refractivity contribution in [2.45, 2.75) is 104 Å². The number of Topliss-reactive ketones (excluding diaryl/α,β-unsaturated/α-hetero) is 1. The maximum absolute atomic E-state index is 14.3. The zero-order chi connectivity index (χ0) is 46.4. The highest BCUT2D eigenvalue weighted by atomic mass is 32.1. The van der Waals surface area contributed by atoms with E-state index in [1.165, 1.54) is 29.4 Å². The molecule has 65 heavy (non-hydrogen) atoms. The molecule has 336 valence electrons. The number of para-hydroxylation sites is 1. The third-order valence-electron chi connectivity index (χ3n) is 13.4. The molecule has 4 heterocycles. The van der Waals surface area contributed by atoms with Crippen LogP contribution in [0.15, 0.2) is 94.9 Å². The number of nitriles is 1. The summed E-state index contributed by atoms with van der Waals surface area (Å²) in [6.45, 7) is 14.8. The number of hydrogen-bond acceptors (Lipinski definition) is 9. The summed E-state index contributed by atoms with van der Waals surface area (Å²) in [7, 11) is 3.25. The molecule has 0 bridgehead atoms. The number of ether oxygens (including phenoxy) is 2. The van der Waals surface area contributed by atoms with Gasteiger partial charge in [0.2, 0.25) is 5.69 Å². The van der Waals surface area contributed by atoms with Gasteiger partial charge in [0.05, 0.1) is 29.0 Å². The van der Waals surface area contributed by atoms with Crippen molar-refractivity contribution in [1.29, 1.82) is 5.26 Å². The van der Waals surface area contributed by atoms with Gasteiger partial charge in [-0.1, -0.05) is 83.8 Å². The summed E-state index contributed by atoms with van der Waals surface area (Å²) >= 11 is 2.93. The summed E-state index contributed by atoms with van der Waals surface area (Å²) in [5, 5.41) is 34.8. The van der Waals surface area contributed by atoms with Crippen LogP contribution in [0.5, 0.6) is 11.5 Å². The highest BCUT2D eigenvalue weighted by Crippen LogP contribution is 2.53. The number of allylic oxidation sites excluding steroid dienone is 5. The first-order valence-corrected chi connectivity index (χ1v) is 24.4. The van der Waals surface area contributed by atoms with Gasteiger partial charge in [0, 0.05) is 79.1 Å². The average molecular weight is 908 g/mol. The second-order valence-corrected chi connectivity index (χ2v) is 20.4. The lowest BCUT2D eigenvalue weighted by Gasteiger charge is -2.33. The number of benzene rings is 3. The lowest BCUT2D eigenvalue weighted by atomic mass is 9.77. The second-order valence-electron chi connectivity index (χ2n) is 18.3. The van der Waals surface area contributed by atoms with Gasteiger partial charge in [0.25, 0.3) is 0 Å². The van der Waals surface area contributed by atoms with Crippen molar-refractivity contribution in [3.8, 4) is 28.0 Å². The highest BCUT2D eigenvalue weighted by molar-refractivity contribution is 7.23. The Labute approximate surface area is 389 Å². The molecule has 9 nitrogen and oxygen atoms in total. The Morgan fingerprint density at radius 3 is 2.20 bits per heavy atom. The van der Waals surface area contributed by atoms with Gasteiger partial charge in [-0.05, 0) is 80.3 Å². The van der Waals surface area contributed by atoms with E-state index in [2.05, 4.69) is 99.5 Å². The first kappa shape index (κ1) is 45.6. The molecule has 2 aromatic heterocycles. The molecule has 0 radical (unpaired) electrons. The van der Waals surface area contributed by atoms with Crippen LogP contribution in [-0.2, 0) is 20.4 Å². The van der Waals surface area contributed by atoms with Crippen LogP contribution in [0.25, 0.3) is 36.7 Å². The number of methoxy groups -OCH3 is 2. The third-order valence-corrected chi connectivity index (χ3v) is 15.7. The van der Waals surface area contributed by atoms with E-state index in [0.717, 1.165) is 117 Å². The minimum Gasteiger partial charge on any atom is -0.871 e. The molecule has 11 heteroatoms. The number of carboxylic acids is 1. The highest BCUT2D eigenvalue weighted by Gasteiger charge is 2.46. The van der Waals surface area contributed by atoms with E-state index in [1.807, 2.05) is 18.2 Å². The van der Waals surface area contributed by atoms with E-state index in [4.69, 9.17) is 9.47 Å². The van der Waals surface area contributed by atoms with Gasteiger partial charge in [-0.15, -0.1) is 22.7 Å². The second kappa shape index (κ2) is 18.1. The fraction of sp³-hybridized carbons (Fsp3) is 0.370. The van der Waals surface area contributed by atoms with Crippen molar-refractivity contribution in [3.05, 3.63) is 111 Å². The van der Waals surface area contributed by atoms with Crippen LogP contribution in [0.2, 0.25) is 0 Å². The molecule has 0 saturated heterocycles. The number of carbonyl (C=O) groups is 2. The van der Waals surface area contributed by atoms with Crippen LogP contribution >= 0.6 is 22.7 Å². The van der Waals surface area contributed by atoms with Gasteiger partial charge in [-0.25, -0.2) is 4.79 Å². The molecular weight excluding hydrogens is 851 g/mol. The summed E-state index contributed by atoms with van der Waals surface area (Å²) in [6, 6.07) is 20.7. The maximum Gasteiger partial charge on any atom is 0.346 e. The SMILES string of the molecule is CCCCCCN1C(=CC2=C([O-])C(=CC3=[N+](CCCCCC)c4ccc(-c5cc6c(OC)c7sc(C=C(C#N)C(=O)O)cc7c(OC)c6s5)cc4C3(C)C)C2=O)C(C)(C)c2ccccc21. The van der Waals surface area contributed by atoms with E-state index in [0.29, 0.717) is 16.4 Å². The zero-order valence-electron chi connectivity index (χ0n) is 38.6. The monoisotopic (exact) mass is 907 g/mol. The number of ketones is 1. The van der Waals surface area contributed by atoms with Crippen molar-refractivity contribution in [3.63, 3.8) is 0 Å². The Bertz CT molecular complexity index is 2910. The van der Waals surface area contributed by atoms with Gasteiger partial charge in [-0.2, -0.15) is 9.84 Å². The number of carboxylic acid groups (broad SMARTS) is 1. The molecule has 3 aliphatic rings. The van der Waals surface area contributed by atoms with E-state index >= 15 is 0 Å². The van der Waals surface area contributed by atoms with Crippen LogP contribution in [0.3, 0.4) is 0 Å². The summed E-state index contributed by atoms with van der Waals surface area (Å²) in [5.41, 5.74) is 6.78. The molecule has 8 rings (SSSR count). The van der Waals surface area contributed by atoms with E-state index in [1.54, 1.807) is 31.6 Å². The van der Waals surface area contributed by atoms with Gasteiger partial charge < -0.3 is 24.6 Å². The molecule has 3 aromatic carbocycles. The topological polar surface area (TPSA) is 126 Å². The van der Waals surface area contributed by atoms with Crippen LogP contribution in [0, 0.1) is 11.3 Å². The number of aliphatic carboxylic acids is 1. The molecule has 1 N–H and O–H groups in total. The third kappa shape index (κ3) is 7.89. The molecule has 0 saturated carbocycles. The lowest BCUT2D eigenvalue weighted by Crippen LogP contribution is -2.35. The Morgan fingerprint density at radius 1 is 0.862 bits per heavy atom. The van der Waals surface area contributed by atoms with Crippen molar-refractivity contribution in [2.75, 3.05) is 32.2 Å². The van der Waals surface area contributed by atoms with Crippen molar-refractivity contribution >= 4 is 77.8 Å². The van der Waals surface area contributed by atoms with E-state index in [9.17, 15) is 25.1 Å². The smallest absolute Gasteiger partial charge is 0.346 e. The maximum atomic E-state index is 14.3. The average Bonchev–Trinajstić information content (AvgIpc) is 4.02. The van der Waals surface area contributed by atoms with Crippen LogP contribution < -0.4 is 19.5 Å². The quantitative estimate of drug-likeness (QED) is 0.0423. The predicted molar refractivity (Wildman–Crippen MR) is 263 cm³/mol. The fourth-order valence-electron chi connectivity index (χ4n) is 9.86. The molecule has 0 fully saturated rings. The number of unbranched alkanes of at least 4 members (excludes halogenated alkanes) is 6. The van der Waals surface area contributed by atoms with Gasteiger partial charge in [0.1, 0.15) is 29.7 Å². The van der Waals surface area contributed by atoms with Crippen molar-refractivity contribution in [2.24, 2.45) is 0 Å². The number of hydrogen-bond donors (Lipinski definition) is 1. The summed E-state index contributed by atoms with van der Waals surface area (Å²) < 4.78 is 16.1. The normalized spacial score (nSPS) is 17.7. The van der Waals surface area contributed by atoms with Crippen LogP contribution in [0.4, 0.5) is 11.4 Å². The van der Waals surface area contributed by atoms with Gasteiger partial charge in [0.15, 0.2) is 11.5 Å². The number of nitrogens with zero attached hydrogens (tertiary/aromatic N) is 3. The number of anilines is 1. The summed E-state index contributed by atoms with van der Waals surface area (Å²) in [4.78, 5) is 29.8. The number of rotatable bonds is 17. The Balaban J connectivity index is 1.17. The Morgan fingerprint density at radius 2 is 1.54 bits per heavy atom. The number of carbonyl (C=O) groups excluding carboxylic acids is 1. The zero-order valence-corrected chi connectivity index (χ0v) is 40.3. The largest absolute Gasteiger partial charge is 0.871 e. The molecule has 1 aliphatic carbocycles. The molecule has 5 aromatic rings. The fourth-order valence-corrected chi connectivity index (χ4v) is 12.2. The molecule has 0 spiro atoms. The minimum absolute atomic E-state index is 0.199. The number of fused-ring (bicyclic) bond motifs is 4. The van der Waals surface area contributed by atoms with Crippen LogP contribution in [-0.4, -0.2) is 54.5 Å². The van der Waals surface area contributed by atoms with E-state index < -0.39 is 11.4 Å². The standard InChI is InChI=1S/C54H57N3O6S2/c1-9-11-13-17-23-56-41-20-16-15-19-39(41)53(3,4)44(56)29-35-46(58)36(47(35)59)30-45-54(5,6)40-26-32(21-22-42(40)57(45)24-18-14-12-10-2)43-28-38-49(63-8)50-37(48(62-7)51(38)65-43)27-34(64-50)25-33(31-55)52(60)61/h15-16,19-22,25-30H,9-14,17-18,23-24H2,1-8H3,(H-,58,59,60,61). The lowest BCUT2D eigenvalue weighted by molar-refractivity contribution is -0.438. The predicted octanol–water partition coefficient (Wildman–Crippen LogP) is 12.1. The Hall–Kier alpha value is -5.96. The summed E-state index contributed by atoms with van der Waals surface area (Å²) in [5.74, 6) is -0.374. The van der Waals surface area contributed by atoms with Gasteiger partial charge in [-0.3, -0.25) is 4.79 Å². The Kier molecular flexibility index (Phi) is 12.7. The molecule has 0 unspecified atom stereocenters. The first-order chi connectivity index (χ1) is 31.2. The van der Waals surface area contributed by atoms with Crippen molar-refractivity contribution in [1.82, 2.24) is 0 Å². The number of thiophene rings is 2. The molecule has 2 aliphatic heterocycles. The summed E-state index contributed by atoms with van der Waals surface area (Å²) in [6.07, 6.45) is 14.0. The molecule has 0 amide bonds. The van der Waals surface area contributed by atoms with E-state index in [-0.39, 0.29) is 33.7 Å². The van der Waals surface area contributed by atoms with Gasteiger partial charge >= 0.3 is 5.97 Å². The van der Waals surface area contributed by atoms with Crippen LogP contribution in [0.1, 0.15) is 109 Å². The minimum atomic E-state index is -1.28. The molecular formula is C54H57N3O6S2.